The van der Waals surface area contributed by atoms with Gasteiger partial charge in [0.2, 0.25) is 11.8 Å². The van der Waals surface area contributed by atoms with Gasteiger partial charge in [0.15, 0.2) is 6.61 Å². The molecule has 2 N–H and O–H groups in total. The average Bonchev–Trinajstić information content (AvgIpc) is 3.30. The fraction of sp³-hybridized carbons (Fsp3) is 0.389. The smallest absolute Gasteiger partial charge is 0.258 e. The predicted molar refractivity (Wildman–Crippen MR) is 174 cm³/mol. The van der Waals surface area contributed by atoms with Crippen molar-refractivity contribution in [1.29, 1.82) is 0 Å². The van der Waals surface area contributed by atoms with Gasteiger partial charge in [-0.1, -0.05) is 24.6 Å². The van der Waals surface area contributed by atoms with Gasteiger partial charge in [-0.15, -0.1) is 0 Å². The van der Waals surface area contributed by atoms with Crippen LogP contribution in [0, 0.1) is 5.82 Å². The predicted octanol–water partition coefficient (Wildman–Crippen LogP) is 3.69. The molecule has 0 aliphatic carbocycles. The van der Waals surface area contributed by atoms with Crippen molar-refractivity contribution in [2.75, 3.05) is 39.9 Å². The van der Waals surface area contributed by atoms with Crippen LogP contribution in [0.2, 0.25) is 0 Å². The molecule has 3 aromatic carbocycles. The van der Waals surface area contributed by atoms with Crippen LogP contribution in [0.3, 0.4) is 0 Å². The number of hydrogen-bond acceptors (Lipinski definition) is 7. The normalized spacial score (nSPS) is 20.3. The van der Waals surface area contributed by atoms with Crippen LogP contribution in [-0.4, -0.2) is 85.5 Å². The van der Waals surface area contributed by atoms with E-state index in [0.717, 1.165) is 24.8 Å². The fourth-order valence-electron chi connectivity index (χ4n) is 6.31. The summed E-state index contributed by atoms with van der Waals surface area (Å²) in [7, 11) is 1.52. The lowest BCUT2D eigenvalue weighted by Gasteiger charge is -2.39. The summed E-state index contributed by atoms with van der Waals surface area (Å²) in [6.07, 6.45) is 2.85. The van der Waals surface area contributed by atoms with Crippen LogP contribution in [0.1, 0.15) is 48.0 Å². The number of likely N-dealkylation sites (tertiary alicyclic amines) is 2. The van der Waals surface area contributed by atoms with E-state index >= 15 is 4.39 Å². The lowest BCUT2D eigenvalue weighted by Crippen LogP contribution is -2.59. The number of rotatable bonds is 3. The maximum Gasteiger partial charge on any atom is 0.258 e. The van der Waals surface area contributed by atoms with E-state index in [1.807, 2.05) is 0 Å². The maximum absolute atomic E-state index is 15.2. The number of amides is 4. The highest BCUT2D eigenvalue weighted by Gasteiger charge is 2.36. The van der Waals surface area contributed by atoms with E-state index in [9.17, 15) is 19.2 Å². The van der Waals surface area contributed by atoms with Crippen molar-refractivity contribution in [1.82, 2.24) is 20.4 Å². The van der Waals surface area contributed by atoms with Crippen LogP contribution in [0.25, 0.3) is 11.1 Å². The van der Waals surface area contributed by atoms with Crippen LogP contribution in [0.15, 0.2) is 60.7 Å². The first kappa shape index (κ1) is 32.8. The summed E-state index contributed by atoms with van der Waals surface area (Å²) in [5.41, 5.74) is 1.79. The van der Waals surface area contributed by atoms with Gasteiger partial charge in [-0.25, -0.2) is 4.39 Å². The molecule has 4 aliphatic rings. The summed E-state index contributed by atoms with van der Waals surface area (Å²) in [6, 6.07) is 15.8. The molecule has 0 spiro atoms. The zero-order valence-corrected chi connectivity index (χ0v) is 26.8. The summed E-state index contributed by atoms with van der Waals surface area (Å²) in [5.74, 6) is -0.548. The van der Waals surface area contributed by atoms with E-state index < -0.39 is 23.9 Å². The van der Waals surface area contributed by atoms with Gasteiger partial charge in [-0.2, -0.15) is 0 Å². The number of methoxy groups -OCH3 is 1. The van der Waals surface area contributed by atoms with Crippen molar-refractivity contribution < 1.29 is 37.8 Å². The second kappa shape index (κ2) is 14.7. The molecule has 0 saturated carbocycles. The van der Waals surface area contributed by atoms with Gasteiger partial charge in [0.05, 0.1) is 25.3 Å². The van der Waals surface area contributed by atoms with E-state index in [1.54, 1.807) is 58.3 Å². The van der Waals surface area contributed by atoms with Gasteiger partial charge in [0.25, 0.3) is 11.8 Å². The largest absolute Gasteiger partial charge is 0.496 e. The van der Waals surface area contributed by atoms with Crippen molar-refractivity contribution in [3.05, 3.63) is 77.6 Å². The molecule has 0 aromatic heterocycles. The van der Waals surface area contributed by atoms with E-state index in [1.165, 1.54) is 19.2 Å². The third-order valence-corrected chi connectivity index (χ3v) is 8.99. The van der Waals surface area contributed by atoms with Gasteiger partial charge in [0, 0.05) is 50.7 Å². The van der Waals surface area contributed by atoms with Gasteiger partial charge in [-0.05, 0) is 60.4 Å². The maximum atomic E-state index is 15.2. The number of fused-ring (bicyclic) bond motifs is 7. The standard InChI is InChI=1S/C36H39FN4O7/c1-46-32-18-27-11-9-25(32)19-38-33(42)22-47-26-7-5-6-23(16-26)24-10-12-29(37)28(17-24)36(45)39-30-20-41(15-13-31(30)48-27)35(44)21-40-14-4-2-3-8-34(40)43/h5-7,9-12,16-18,30-31H,2-4,8,13-15,19-22H2,1H3,(H,38,42)(H,39,45)/t30-,31+/m1/s1. The highest BCUT2D eigenvalue weighted by atomic mass is 19.1. The van der Waals surface area contributed by atoms with Crippen molar-refractivity contribution in [3.63, 3.8) is 0 Å². The molecule has 7 rings (SSSR count). The summed E-state index contributed by atoms with van der Waals surface area (Å²) in [6.45, 7) is 0.945. The summed E-state index contributed by atoms with van der Waals surface area (Å²) in [4.78, 5) is 55.7. The lowest BCUT2D eigenvalue weighted by atomic mass is 9.99. The molecule has 4 amide bonds. The minimum atomic E-state index is -0.705. The molecule has 4 heterocycles. The number of benzene rings is 3. The number of carbonyl (C=O) groups is 4. The van der Waals surface area contributed by atoms with Gasteiger partial charge >= 0.3 is 0 Å². The summed E-state index contributed by atoms with van der Waals surface area (Å²) >= 11 is 0. The van der Waals surface area contributed by atoms with Crippen LogP contribution >= 0.6 is 0 Å². The average molecular weight is 659 g/mol. The molecule has 6 bridgehead atoms. The molecule has 11 nitrogen and oxygen atoms in total. The van der Waals surface area contributed by atoms with Crippen molar-refractivity contribution in [3.8, 4) is 28.4 Å². The minimum Gasteiger partial charge on any atom is -0.496 e. The molecule has 2 saturated heterocycles. The van der Waals surface area contributed by atoms with Gasteiger partial charge in [0.1, 0.15) is 29.2 Å². The fourth-order valence-corrected chi connectivity index (χ4v) is 6.31. The van der Waals surface area contributed by atoms with Crippen molar-refractivity contribution >= 4 is 23.6 Å². The Morgan fingerprint density at radius 3 is 2.69 bits per heavy atom. The first-order valence-corrected chi connectivity index (χ1v) is 16.3. The van der Waals surface area contributed by atoms with Crippen LogP contribution in [-0.2, 0) is 20.9 Å². The van der Waals surface area contributed by atoms with Crippen LogP contribution < -0.4 is 24.8 Å². The second-order valence-corrected chi connectivity index (χ2v) is 12.3. The molecule has 12 heteroatoms. The molecule has 0 radical (unpaired) electrons. The molecule has 48 heavy (non-hydrogen) atoms. The number of piperidine rings is 1. The number of halogens is 1. The lowest BCUT2D eigenvalue weighted by molar-refractivity contribution is -0.141. The zero-order chi connectivity index (χ0) is 33.6. The Morgan fingerprint density at radius 2 is 1.83 bits per heavy atom. The number of carbonyl (C=O) groups excluding carboxylic acids is 4. The minimum absolute atomic E-state index is 0.0281. The number of nitrogens with one attached hydrogen (secondary N) is 2. The first-order valence-electron chi connectivity index (χ1n) is 16.3. The Balaban J connectivity index is 1.31. The molecule has 0 unspecified atom stereocenters. The van der Waals surface area contributed by atoms with Crippen molar-refractivity contribution in [2.24, 2.45) is 0 Å². The summed E-state index contributed by atoms with van der Waals surface area (Å²) in [5, 5.41) is 5.79. The van der Waals surface area contributed by atoms with Crippen LogP contribution in [0.4, 0.5) is 4.39 Å². The third kappa shape index (κ3) is 7.70. The molecule has 3 aromatic rings. The topological polar surface area (TPSA) is 127 Å². The van der Waals surface area contributed by atoms with E-state index in [4.69, 9.17) is 14.2 Å². The van der Waals surface area contributed by atoms with Gasteiger partial charge < -0.3 is 34.6 Å². The summed E-state index contributed by atoms with van der Waals surface area (Å²) < 4.78 is 32.9. The van der Waals surface area contributed by atoms with E-state index in [2.05, 4.69) is 10.6 Å². The monoisotopic (exact) mass is 658 g/mol. The van der Waals surface area contributed by atoms with Crippen molar-refractivity contribution in [2.45, 2.75) is 50.8 Å². The highest BCUT2D eigenvalue weighted by Crippen LogP contribution is 2.29. The van der Waals surface area contributed by atoms with Crippen LogP contribution in [0.5, 0.6) is 17.2 Å². The molecule has 252 valence electrons. The molecular weight excluding hydrogens is 619 g/mol. The number of hydrogen-bond donors (Lipinski definition) is 2. The van der Waals surface area contributed by atoms with E-state index in [-0.39, 0.29) is 49.5 Å². The Hall–Kier alpha value is -5.13. The quantitative estimate of drug-likeness (QED) is 0.440. The Kier molecular flexibility index (Phi) is 10.1. The highest BCUT2D eigenvalue weighted by molar-refractivity contribution is 5.96. The molecule has 2 fully saturated rings. The second-order valence-electron chi connectivity index (χ2n) is 12.3. The number of nitrogens with zero attached hydrogens (tertiary/aromatic N) is 2. The number of ether oxygens (including phenoxy) is 3. The molecule has 4 aliphatic heterocycles. The first-order chi connectivity index (χ1) is 23.3. The van der Waals surface area contributed by atoms with Gasteiger partial charge in [-0.3, -0.25) is 19.2 Å². The Morgan fingerprint density at radius 1 is 0.979 bits per heavy atom. The third-order valence-electron chi connectivity index (χ3n) is 8.99. The SMILES string of the molecule is COc1cc2ccc1CNC(=O)COc1cccc(c1)-c1ccc(F)c(c1)C(=O)N[C@@H]1CN(C(=O)CN3CCCCCC3=O)CC[C@@H]1O2. The Bertz CT molecular complexity index is 1700. The molecular formula is C36H39FN4O7. The zero-order valence-electron chi connectivity index (χ0n) is 26.8. The van der Waals surface area contributed by atoms with E-state index in [0.29, 0.717) is 54.3 Å². The Labute approximate surface area is 278 Å². The molecule has 2 atom stereocenters.